The number of carbonyl (C=O) groups excluding carboxylic acids is 1. The van der Waals surface area contributed by atoms with Crippen LogP contribution in [0.3, 0.4) is 0 Å². The molecule has 3 rings (SSSR count). The molecule has 2 aliphatic heterocycles. The second-order valence-electron chi connectivity index (χ2n) is 6.88. The number of piperidine rings is 2. The summed E-state index contributed by atoms with van der Waals surface area (Å²) in [6, 6.07) is 8.30. The summed E-state index contributed by atoms with van der Waals surface area (Å²) in [5.74, 6) is 1.45. The average Bonchev–Trinajstić information content (AvgIpc) is 2.60. The van der Waals surface area contributed by atoms with E-state index in [1.807, 2.05) is 12.1 Å². The van der Waals surface area contributed by atoms with E-state index < -0.39 is 0 Å². The first-order valence-electron chi connectivity index (χ1n) is 8.93. The number of amides is 1. The summed E-state index contributed by atoms with van der Waals surface area (Å²) in [7, 11) is 1.71. The molecule has 1 atom stereocenters. The minimum atomic E-state index is 0.0551. The van der Waals surface area contributed by atoms with Crippen LogP contribution in [0.2, 0.25) is 0 Å². The quantitative estimate of drug-likeness (QED) is 0.783. The standard InChI is InChI=1S/C19H28N2O3/c1-23-11-4-12-24-17-6-3-2-5-15(17)16-14-21-18(22)13-19(16)7-9-20-10-8-19/h2-3,5-6,16,20H,4,7-14H2,1H3,(H,21,22). The Kier molecular flexibility index (Phi) is 5.74. The van der Waals surface area contributed by atoms with Gasteiger partial charge in [0.05, 0.1) is 6.61 Å². The molecule has 2 aliphatic rings. The van der Waals surface area contributed by atoms with E-state index in [0.29, 0.717) is 32.1 Å². The third kappa shape index (κ3) is 3.73. The molecule has 0 aliphatic carbocycles. The van der Waals surface area contributed by atoms with Crippen molar-refractivity contribution >= 4 is 5.91 Å². The molecule has 1 amide bonds. The zero-order chi connectivity index (χ0) is 16.8. The van der Waals surface area contributed by atoms with Crippen molar-refractivity contribution in [2.24, 2.45) is 5.41 Å². The summed E-state index contributed by atoms with van der Waals surface area (Å²) in [4.78, 5) is 12.1. The highest BCUT2D eigenvalue weighted by Crippen LogP contribution is 2.49. The zero-order valence-electron chi connectivity index (χ0n) is 14.5. The van der Waals surface area contributed by atoms with Crippen LogP contribution in [0.5, 0.6) is 5.75 Å². The van der Waals surface area contributed by atoms with E-state index in [4.69, 9.17) is 9.47 Å². The summed E-state index contributed by atoms with van der Waals surface area (Å²) in [6.45, 7) is 4.04. The van der Waals surface area contributed by atoms with Crippen LogP contribution < -0.4 is 15.4 Å². The molecule has 2 heterocycles. The Balaban J connectivity index is 1.81. The minimum Gasteiger partial charge on any atom is -0.493 e. The molecule has 5 nitrogen and oxygen atoms in total. The van der Waals surface area contributed by atoms with Crippen LogP contribution >= 0.6 is 0 Å². The monoisotopic (exact) mass is 332 g/mol. The molecule has 132 valence electrons. The Bertz CT molecular complexity index is 555. The molecule has 1 aromatic rings. The normalized spacial score (nSPS) is 23.0. The molecule has 24 heavy (non-hydrogen) atoms. The van der Waals surface area contributed by atoms with Gasteiger partial charge in [-0.05, 0) is 43.0 Å². The molecule has 0 aromatic heterocycles. The highest BCUT2D eigenvalue weighted by Gasteiger charge is 2.45. The minimum absolute atomic E-state index is 0.0551. The lowest BCUT2D eigenvalue weighted by Gasteiger charge is -2.47. The smallest absolute Gasteiger partial charge is 0.220 e. The van der Waals surface area contributed by atoms with E-state index in [0.717, 1.165) is 38.1 Å². The predicted molar refractivity (Wildman–Crippen MR) is 93.3 cm³/mol. The highest BCUT2D eigenvalue weighted by molar-refractivity contribution is 5.78. The average molecular weight is 332 g/mol. The summed E-state index contributed by atoms with van der Waals surface area (Å²) >= 11 is 0. The lowest BCUT2D eigenvalue weighted by Crippen LogP contribution is -2.51. The van der Waals surface area contributed by atoms with Gasteiger partial charge in [0, 0.05) is 39.0 Å². The zero-order valence-corrected chi connectivity index (χ0v) is 14.5. The first kappa shape index (κ1) is 17.2. The van der Waals surface area contributed by atoms with Gasteiger partial charge in [0.15, 0.2) is 0 Å². The number of carbonyl (C=O) groups is 1. The van der Waals surface area contributed by atoms with E-state index in [-0.39, 0.29) is 11.3 Å². The van der Waals surface area contributed by atoms with Crippen molar-refractivity contribution in [2.75, 3.05) is 40.0 Å². The first-order chi connectivity index (χ1) is 11.7. The van der Waals surface area contributed by atoms with Crippen molar-refractivity contribution in [3.05, 3.63) is 29.8 Å². The number of hydrogen-bond donors (Lipinski definition) is 2. The van der Waals surface area contributed by atoms with Gasteiger partial charge in [0.2, 0.25) is 5.91 Å². The predicted octanol–water partition coefficient (Wildman–Crippen LogP) is 2.08. The van der Waals surface area contributed by atoms with E-state index in [1.165, 1.54) is 5.56 Å². The maximum atomic E-state index is 12.1. The van der Waals surface area contributed by atoms with Gasteiger partial charge in [-0.1, -0.05) is 18.2 Å². The summed E-state index contributed by atoms with van der Waals surface area (Å²) < 4.78 is 11.1. The van der Waals surface area contributed by atoms with Gasteiger partial charge in [0.25, 0.3) is 0 Å². The number of ether oxygens (including phenoxy) is 2. The first-order valence-corrected chi connectivity index (χ1v) is 8.93. The van der Waals surface area contributed by atoms with Crippen molar-refractivity contribution < 1.29 is 14.3 Å². The Hall–Kier alpha value is -1.59. The summed E-state index contributed by atoms with van der Waals surface area (Å²) in [6.07, 6.45) is 3.59. The number of benzene rings is 1. The summed E-state index contributed by atoms with van der Waals surface area (Å²) in [5.41, 5.74) is 1.29. The molecular formula is C19H28N2O3. The largest absolute Gasteiger partial charge is 0.493 e. The Morgan fingerprint density at radius 3 is 2.79 bits per heavy atom. The Morgan fingerprint density at radius 1 is 1.21 bits per heavy atom. The van der Waals surface area contributed by atoms with Gasteiger partial charge in [-0.2, -0.15) is 0 Å². The van der Waals surface area contributed by atoms with Gasteiger partial charge in [0.1, 0.15) is 5.75 Å². The molecule has 1 unspecified atom stereocenters. The molecule has 1 spiro atoms. The summed E-state index contributed by atoms with van der Waals surface area (Å²) in [5, 5.41) is 6.50. The highest BCUT2D eigenvalue weighted by atomic mass is 16.5. The molecule has 5 heteroatoms. The van der Waals surface area contributed by atoms with Crippen molar-refractivity contribution in [2.45, 2.75) is 31.6 Å². The van der Waals surface area contributed by atoms with Crippen molar-refractivity contribution in [1.82, 2.24) is 10.6 Å². The van der Waals surface area contributed by atoms with Gasteiger partial charge in [-0.15, -0.1) is 0 Å². The van der Waals surface area contributed by atoms with Gasteiger partial charge in [-0.3, -0.25) is 4.79 Å². The van der Waals surface area contributed by atoms with Crippen LogP contribution in [-0.2, 0) is 9.53 Å². The number of methoxy groups -OCH3 is 1. The fourth-order valence-electron chi connectivity index (χ4n) is 4.11. The maximum Gasteiger partial charge on any atom is 0.220 e. The van der Waals surface area contributed by atoms with E-state index in [1.54, 1.807) is 7.11 Å². The van der Waals surface area contributed by atoms with Crippen molar-refractivity contribution in [3.8, 4) is 5.75 Å². The number of hydrogen-bond acceptors (Lipinski definition) is 4. The lowest BCUT2D eigenvalue weighted by atomic mass is 9.62. The molecule has 0 bridgehead atoms. The third-order valence-electron chi connectivity index (χ3n) is 5.40. The van der Waals surface area contributed by atoms with E-state index >= 15 is 0 Å². The van der Waals surface area contributed by atoms with Crippen LogP contribution in [-0.4, -0.2) is 45.9 Å². The second-order valence-corrected chi connectivity index (χ2v) is 6.88. The SMILES string of the molecule is COCCCOc1ccccc1C1CNC(=O)CC12CCNCC2. The van der Waals surface area contributed by atoms with Crippen molar-refractivity contribution in [3.63, 3.8) is 0 Å². The van der Waals surface area contributed by atoms with Crippen LogP contribution in [0.1, 0.15) is 37.2 Å². The molecular weight excluding hydrogens is 304 g/mol. The number of para-hydroxylation sites is 1. The lowest BCUT2D eigenvalue weighted by molar-refractivity contribution is -0.127. The van der Waals surface area contributed by atoms with Crippen molar-refractivity contribution in [1.29, 1.82) is 0 Å². The van der Waals surface area contributed by atoms with Crippen LogP contribution in [0, 0.1) is 5.41 Å². The van der Waals surface area contributed by atoms with Gasteiger partial charge >= 0.3 is 0 Å². The Labute approximate surface area is 144 Å². The topological polar surface area (TPSA) is 59.6 Å². The van der Waals surface area contributed by atoms with E-state index in [9.17, 15) is 4.79 Å². The molecule has 1 aromatic carbocycles. The fourth-order valence-corrected chi connectivity index (χ4v) is 4.11. The van der Waals surface area contributed by atoms with Crippen LogP contribution in [0.4, 0.5) is 0 Å². The fraction of sp³-hybridized carbons (Fsp3) is 0.632. The van der Waals surface area contributed by atoms with Crippen LogP contribution in [0.25, 0.3) is 0 Å². The molecule has 0 saturated carbocycles. The van der Waals surface area contributed by atoms with E-state index in [2.05, 4.69) is 22.8 Å². The van der Waals surface area contributed by atoms with Gasteiger partial charge in [-0.25, -0.2) is 0 Å². The number of nitrogens with one attached hydrogen (secondary N) is 2. The van der Waals surface area contributed by atoms with Gasteiger partial charge < -0.3 is 20.1 Å². The maximum absolute atomic E-state index is 12.1. The second kappa shape index (κ2) is 7.99. The molecule has 2 saturated heterocycles. The molecule has 2 N–H and O–H groups in total. The molecule has 0 radical (unpaired) electrons. The molecule has 2 fully saturated rings. The van der Waals surface area contributed by atoms with Crippen LogP contribution in [0.15, 0.2) is 24.3 Å². The number of rotatable bonds is 6. The Morgan fingerprint density at radius 2 is 2.00 bits per heavy atom. The third-order valence-corrected chi connectivity index (χ3v) is 5.40.